The first-order chi connectivity index (χ1) is 15.3. The van der Waals surface area contributed by atoms with Crippen molar-refractivity contribution in [2.24, 2.45) is 0 Å². The summed E-state index contributed by atoms with van der Waals surface area (Å²) in [4.78, 5) is 17.5. The van der Waals surface area contributed by atoms with Gasteiger partial charge in [-0.2, -0.15) is 4.98 Å². The highest BCUT2D eigenvalue weighted by atomic mass is 35.5. The summed E-state index contributed by atoms with van der Waals surface area (Å²) in [6.45, 7) is 5.34. The van der Waals surface area contributed by atoms with Gasteiger partial charge in [-0.05, 0) is 50.1 Å². The minimum Gasteiger partial charge on any atom is -0.459 e. The van der Waals surface area contributed by atoms with Gasteiger partial charge < -0.3 is 10.1 Å². The van der Waals surface area contributed by atoms with Gasteiger partial charge in [-0.3, -0.25) is 0 Å². The van der Waals surface area contributed by atoms with Crippen LogP contribution >= 0.6 is 23.4 Å². The number of benzene rings is 2. The molecule has 0 amide bonds. The highest BCUT2D eigenvalue weighted by molar-refractivity contribution is 7.98. The van der Waals surface area contributed by atoms with E-state index in [1.165, 1.54) is 23.9 Å². The van der Waals surface area contributed by atoms with Crippen molar-refractivity contribution in [2.45, 2.75) is 43.8 Å². The van der Waals surface area contributed by atoms with Crippen molar-refractivity contribution in [1.82, 2.24) is 14.8 Å². The summed E-state index contributed by atoms with van der Waals surface area (Å²) in [5, 5.41) is 8.96. The first-order valence-electron chi connectivity index (χ1n) is 10.1. The van der Waals surface area contributed by atoms with E-state index in [1.54, 1.807) is 37.6 Å². The Morgan fingerprint density at radius 1 is 1.28 bits per heavy atom. The van der Waals surface area contributed by atoms with Crippen LogP contribution in [0.4, 0.5) is 10.3 Å². The number of rotatable bonds is 6. The van der Waals surface area contributed by atoms with Crippen LogP contribution in [0.1, 0.15) is 37.9 Å². The molecule has 32 heavy (non-hydrogen) atoms. The first kappa shape index (κ1) is 22.4. The van der Waals surface area contributed by atoms with E-state index in [4.69, 9.17) is 16.3 Å². The van der Waals surface area contributed by atoms with E-state index in [2.05, 4.69) is 15.4 Å². The van der Waals surface area contributed by atoms with Crippen LogP contribution in [0.2, 0.25) is 5.02 Å². The lowest BCUT2D eigenvalue weighted by atomic mass is 9.95. The molecule has 6 nitrogen and oxygen atoms in total. The normalized spacial score (nSPS) is 15.5. The molecule has 4 rings (SSSR count). The van der Waals surface area contributed by atoms with Crippen molar-refractivity contribution < 1.29 is 13.9 Å². The van der Waals surface area contributed by atoms with E-state index in [0.717, 1.165) is 5.56 Å². The smallest absolute Gasteiger partial charge is 0.338 e. The predicted molar refractivity (Wildman–Crippen MR) is 123 cm³/mol. The van der Waals surface area contributed by atoms with Crippen LogP contribution in [-0.4, -0.2) is 26.8 Å². The lowest BCUT2D eigenvalue weighted by molar-refractivity contribution is -0.143. The molecule has 1 aromatic heterocycles. The molecule has 166 valence electrons. The molecule has 1 N–H and O–H groups in total. The number of ether oxygens (including phenoxy) is 1. The second-order valence-corrected chi connectivity index (χ2v) is 8.97. The van der Waals surface area contributed by atoms with Crippen molar-refractivity contribution in [3.63, 3.8) is 0 Å². The van der Waals surface area contributed by atoms with Crippen LogP contribution in [0.25, 0.3) is 0 Å². The Bertz CT molecular complexity index is 1190. The monoisotopic (exact) mass is 472 g/mol. The van der Waals surface area contributed by atoms with Gasteiger partial charge in [0.25, 0.3) is 0 Å². The predicted octanol–water partition coefficient (Wildman–Crippen LogP) is 5.60. The highest BCUT2D eigenvalue weighted by Gasteiger charge is 2.35. The maximum absolute atomic E-state index is 14.1. The molecule has 0 aliphatic carbocycles. The van der Waals surface area contributed by atoms with E-state index in [-0.39, 0.29) is 6.10 Å². The maximum atomic E-state index is 14.1. The fraction of sp³-hybridized carbons (Fsp3) is 0.261. The number of nitrogens with one attached hydrogen (secondary N) is 1. The standard InChI is InChI=1S/C23H22ClFN4O2S/c1-13(2)31-21(30)19-14(3)26-22-27-23(32-12-16-7-4-5-10-18(16)24)28-29(22)20(19)15-8-6-9-17(25)11-15/h4-11,13,20H,12H2,1-3H3,(H,26,27,28). The second kappa shape index (κ2) is 9.34. The van der Waals surface area contributed by atoms with Crippen LogP contribution in [0.3, 0.4) is 0 Å². The Morgan fingerprint density at radius 3 is 2.78 bits per heavy atom. The van der Waals surface area contributed by atoms with Crippen molar-refractivity contribution in [2.75, 3.05) is 5.32 Å². The number of hydrogen-bond acceptors (Lipinski definition) is 6. The number of fused-ring (bicyclic) bond motifs is 1. The molecule has 0 spiro atoms. The fourth-order valence-electron chi connectivity index (χ4n) is 3.48. The van der Waals surface area contributed by atoms with Gasteiger partial charge in [-0.15, -0.1) is 5.10 Å². The first-order valence-corrected chi connectivity index (χ1v) is 11.5. The van der Waals surface area contributed by atoms with E-state index in [1.807, 2.05) is 24.3 Å². The number of nitrogens with zero attached hydrogens (tertiary/aromatic N) is 3. The van der Waals surface area contributed by atoms with Crippen LogP contribution in [0, 0.1) is 5.82 Å². The zero-order chi connectivity index (χ0) is 22.8. The van der Waals surface area contributed by atoms with E-state index in [9.17, 15) is 9.18 Å². The van der Waals surface area contributed by atoms with Crippen LogP contribution in [0.15, 0.2) is 65.0 Å². The van der Waals surface area contributed by atoms with Gasteiger partial charge >= 0.3 is 5.97 Å². The topological polar surface area (TPSA) is 69.0 Å². The Hall–Kier alpha value is -2.84. The van der Waals surface area contributed by atoms with Gasteiger partial charge in [0.2, 0.25) is 11.1 Å². The van der Waals surface area contributed by atoms with Gasteiger partial charge in [-0.25, -0.2) is 13.9 Å². The Kier molecular flexibility index (Phi) is 6.53. The summed E-state index contributed by atoms with van der Waals surface area (Å²) < 4.78 is 21.2. The third-order valence-electron chi connectivity index (χ3n) is 4.87. The quantitative estimate of drug-likeness (QED) is 0.372. The largest absolute Gasteiger partial charge is 0.459 e. The molecule has 0 radical (unpaired) electrons. The minimum atomic E-state index is -0.671. The lowest BCUT2D eigenvalue weighted by Gasteiger charge is -2.28. The average molecular weight is 473 g/mol. The zero-order valence-electron chi connectivity index (χ0n) is 17.8. The molecule has 1 aliphatic rings. The molecule has 9 heteroatoms. The van der Waals surface area contributed by atoms with Crippen molar-refractivity contribution in [3.05, 3.63) is 81.8 Å². The summed E-state index contributed by atoms with van der Waals surface area (Å²) in [5.41, 5.74) is 2.50. The number of carbonyl (C=O) groups excluding carboxylic acids is 1. The Labute approximate surface area is 194 Å². The number of aromatic nitrogens is 3. The van der Waals surface area contributed by atoms with E-state index >= 15 is 0 Å². The summed E-state index contributed by atoms with van der Waals surface area (Å²) in [7, 11) is 0. The van der Waals surface area contributed by atoms with Crippen molar-refractivity contribution >= 4 is 35.3 Å². The molecule has 1 atom stereocenters. The second-order valence-electron chi connectivity index (χ2n) is 7.62. The molecule has 0 bridgehead atoms. The summed E-state index contributed by atoms with van der Waals surface area (Å²) in [6.07, 6.45) is -0.296. The molecule has 1 aliphatic heterocycles. The van der Waals surface area contributed by atoms with E-state index in [0.29, 0.717) is 38.7 Å². The van der Waals surface area contributed by atoms with Gasteiger partial charge in [0, 0.05) is 16.5 Å². The van der Waals surface area contributed by atoms with Crippen LogP contribution in [-0.2, 0) is 15.3 Å². The van der Waals surface area contributed by atoms with Gasteiger partial charge in [0.1, 0.15) is 11.9 Å². The third kappa shape index (κ3) is 4.66. The molecule has 3 aromatic rings. The number of esters is 1. The molecule has 2 aromatic carbocycles. The van der Waals surface area contributed by atoms with Gasteiger partial charge in [-0.1, -0.05) is 53.7 Å². The zero-order valence-corrected chi connectivity index (χ0v) is 19.4. The highest BCUT2D eigenvalue weighted by Crippen LogP contribution is 2.37. The molecule has 0 saturated heterocycles. The Morgan fingerprint density at radius 2 is 2.06 bits per heavy atom. The molecule has 2 heterocycles. The number of halogens is 2. The van der Waals surface area contributed by atoms with Gasteiger partial charge in [0.15, 0.2) is 0 Å². The SMILES string of the molecule is CC1=C(C(=O)OC(C)C)C(c2cccc(F)c2)n2nc(SCc3ccccc3Cl)nc2N1. The minimum absolute atomic E-state index is 0.296. The molecular formula is C23H22ClFN4O2S. The third-order valence-corrected chi connectivity index (χ3v) is 6.13. The van der Waals surface area contributed by atoms with Crippen molar-refractivity contribution in [3.8, 4) is 0 Å². The van der Waals surface area contributed by atoms with E-state index < -0.39 is 17.8 Å². The average Bonchev–Trinajstić information content (AvgIpc) is 3.13. The Balaban J connectivity index is 1.71. The number of anilines is 1. The molecular weight excluding hydrogens is 451 g/mol. The number of carbonyl (C=O) groups is 1. The van der Waals surface area contributed by atoms with Crippen LogP contribution in [0.5, 0.6) is 0 Å². The molecule has 0 fully saturated rings. The fourth-order valence-corrected chi connectivity index (χ4v) is 4.59. The number of hydrogen-bond donors (Lipinski definition) is 1. The molecule has 0 saturated carbocycles. The van der Waals surface area contributed by atoms with Crippen molar-refractivity contribution in [1.29, 1.82) is 0 Å². The summed E-state index contributed by atoms with van der Waals surface area (Å²) in [5.74, 6) is 0.179. The number of allylic oxidation sites excluding steroid dienone is 1. The summed E-state index contributed by atoms with van der Waals surface area (Å²) >= 11 is 7.69. The van der Waals surface area contributed by atoms with Crippen LogP contribution < -0.4 is 5.32 Å². The summed E-state index contributed by atoms with van der Waals surface area (Å²) in [6, 6.07) is 13.0. The lowest BCUT2D eigenvalue weighted by Crippen LogP contribution is -2.30. The maximum Gasteiger partial charge on any atom is 0.338 e. The van der Waals surface area contributed by atoms with Gasteiger partial charge in [0.05, 0.1) is 11.7 Å². The molecule has 1 unspecified atom stereocenters. The number of thioether (sulfide) groups is 1.